The van der Waals surface area contributed by atoms with Crippen LogP contribution >= 0.6 is 9.47 Å². The van der Waals surface area contributed by atoms with Crippen molar-refractivity contribution in [1.82, 2.24) is 0 Å². The first-order chi connectivity index (χ1) is 12.4. The predicted molar refractivity (Wildman–Crippen MR) is 112 cm³/mol. The lowest BCUT2D eigenvalue weighted by Gasteiger charge is -2.58. The maximum Gasteiger partial charge on any atom is 0.0648 e. The van der Waals surface area contributed by atoms with E-state index in [4.69, 9.17) is 10.9 Å². The van der Waals surface area contributed by atoms with Crippen LogP contribution < -0.4 is 0 Å². The summed E-state index contributed by atoms with van der Waals surface area (Å²) in [5.74, 6) is 7.18. The summed E-state index contributed by atoms with van der Waals surface area (Å²) in [6.07, 6.45) is 20.4. The Morgan fingerprint density at radius 2 is 2.04 bits per heavy atom. The van der Waals surface area contributed by atoms with Gasteiger partial charge in [-0.25, -0.2) is 0 Å². The Bertz CT molecular complexity index is 618. The molecule has 144 valence electrons. The second kappa shape index (κ2) is 6.94. The molecule has 0 N–H and O–H groups in total. The van der Waals surface area contributed by atoms with Crippen LogP contribution in [0.5, 0.6) is 0 Å². The van der Waals surface area contributed by atoms with Gasteiger partial charge in [-0.05, 0) is 91.8 Å². The van der Waals surface area contributed by atoms with Crippen LogP contribution in [0.3, 0.4) is 0 Å². The minimum absolute atomic E-state index is 0.421. The summed E-state index contributed by atoms with van der Waals surface area (Å²) in [4.78, 5) is 0. The van der Waals surface area contributed by atoms with Gasteiger partial charge in [-0.3, -0.25) is 0 Å². The van der Waals surface area contributed by atoms with E-state index in [-0.39, 0.29) is 0 Å². The number of rotatable bonds is 3. The van der Waals surface area contributed by atoms with Gasteiger partial charge in [0.05, 0.1) is 6.10 Å². The molecule has 0 aliphatic heterocycles. The van der Waals surface area contributed by atoms with E-state index < -0.39 is 0 Å². The fourth-order valence-corrected chi connectivity index (χ4v) is 8.28. The summed E-state index contributed by atoms with van der Waals surface area (Å²) < 4.78 is 5.63. The van der Waals surface area contributed by atoms with Gasteiger partial charge in [0.2, 0.25) is 0 Å². The van der Waals surface area contributed by atoms with E-state index >= 15 is 0 Å². The van der Waals surface area contributed by atoms with Crippen molar-refractivity contribution < 1.29 is 4.52 Å². The van der Waals surface area contributed by atoms with Gasteiger partial charge in [0.15, 0.2) is 0 Å². The van der Waals surface area contributed by atoms with Crippen LogP contribution in [0, 0.1) is 52.8 Å². The highest BCUT2D eigenvalue weighted by Gasteiger charge is 2.59. The third-order valence-corrected chi connectivity index (χ3v) is 9.84. The first-order valence-electron chi connectivity index (χ1n) is 10.9. The summed E-state index contributed by atoms with van der Waals surface area (Å²) in [6.45, 7) is 7.62. The zero-order valence-corrected chi connectivity index (χ0v) is 18.1. The Kier molecular flexibility index (Phi) is 5.08. The van der Waals surface area contributed by atoms with Crippen molar-refractivity contribution in [3.63, 3.8) is 0 Å². The van der Waals surface area contributed by atoms with Crippen LogP contribution in [0.15, 0.2) is 11.6 Å². The van der Waals surface area contributed by atoms with Crippen molar-refractivity contribution in [2.75, 3.05) is 0 Å². The third kappa shape index (κ3) is 2.74. The highest BCUT2D eigenvalue weighted by molar-refractivity contribution is 7.09. The molecular formula is C24H37OP. The normalized spacial score (nSPS) is 48.6. The van der Waals surface area contributed by atoms with Gasteiger partial charge >= 0.3 is 0 Å². The van der Waals surface area contributed by atoms with Gasteiger partial charge in [0.25, 0.3) is 0 Å². The summed E-state index contributed by atoms with van der Waals surface area (Å²) >= 11 is 0. The SMILES string of the molecule is C#CC[C@@H](C)C1CCC2C3CC=C4C[C@@H](OP)CC[C@]4(C)C3CC[C@@]21C. The van der Waals surface area contributed by atoms with Crippen molar-refractivity contribution in [3.8, 4) is 12.3 Å². The molecule has 4 rings (SSSR count). The van der Waals surface area contributed by atoms with Gasteiger partial charge in [0, 0.05) is 15.9 Å². The minimum atomic E-state index is 0.421. The monoisotopic (exact) mass is 372 g/mol. The molecule has 26 heavy (non-hydrogen) atoms. The Hall–Kier alpha value is -0.310. The molecule has 9 atom stereocenters. The van der Waals surface area contributed by atoms with Crippen LogP contribution in [0.1, 0.15) is 78.6 Å². The van der Waals surface area contributed by atoms with Gasteiger partial charge in [0.1, 0.15) is 0 Å². The summed E-state index contributed by atoms with van der Waals surface area (Å²) in [5.41, 5.74) is 2.68. The molecule has 1 nitrogen and oxygen atoms in total. The quantitative estimate of drug-likeness (QED) is 0.316. The summed E-state index contributed by atoms with van der Waals surface area (Å²) in [6, 6.07) is 0. The molecular weight excluding hydrogens is 335 g/mol. The summed E-state index contributed by atoms with van der Waals surface area (Å²) in [7, 11) is 2.49. The molecule has 0 amide bonds. The molecule has 0 heterocycles. The molecule has 0 aromatic rings. The van der Waals surface area contributed by atoms with Crippen LogP contribution in [-0.2, 0) is 4.52 Å². The Balaban J connectivity index is 1.59. The van der Waals surface area contributed by atoms with Gasteiger partial charge in [-0.2, -0.15) is 0 Å². The molecule has 0 spiro atoms. The molecule has 0 saturated heterocycles. The van der Waals surface area contributed by atoms with E-state index in [1.54, 1.807) is 5.57 Å². The van der Waals surface area contributed by atoms with Crippen LogP contribution in [0.4, 0.5) is 0 Å². The number of allylic oxidation sites excluding steroid dienone is 1. The van der Waals surface area contributed by atoms with E-state index in [1.165, 1.54) is 44.9 Å². The number of fused-ring (bicyclic) bond motifs is 5. The Labute approximate surface area is 163 Å². The van der Waals surface area contributed by atoms with E-state index in [0.717, 1.165) is 36.5 Å². The van der Waals surface area contributed by atoms with E-state index in [2.05, 4.69) is 42.2 Å². The van der Waals surface area contributed by atoms with Gasteiger partial charge < -0.3 is 4.52 Å². The standard InChI is InChI=1S/C24H37OP/c1-5-6-16(2)20-9-10-21-19-8-7-17-15-18(25-26)11-13-23(17,3)22(19)12-14-24(20,21)4/h1,7,16,18-22H,6,8-15,26H2,2-4H3/t16-,18+,19?,20?,21?,22?,23+,24-/m1/s1. The molecule has 5 unspecified atom stereocenters. The highest BCUT2D eigenvalue weighted by Crippen LogP contribution is 2.67. The lowest BCUT2D eigenvalue weighted by molar-refractivity contribution is -0.0543. The molecule has 3 fully saturated rings. The van der Waals surface area contributed by atoms with Crippen LogP contribution in [0.2, 0.25) is 0 Å². The molecule has 4 aliphatic rings. The topological polar surface area (TPSA) is 9.23 Å². The van der Waals surface area contributed by atoms with E-state index in [1.807, 2.05) is 0 Å². The third-order valence-electron chi connectivity index (χ3n) is 9.45. The van der Waals surface area contributed by atoms with Crippen molar-refractivity contribution >= 4 is 9.47 Å². The predicted octanol–water partition coefficient (Wildman–Crippen LogP) is 6.40. The first kappa shape index (κ1) is 19.0. The van der Waals surface area contributed by atoms with Crippen molar-refractivity contribution in [3.05, 3.63) is 11.6 Å². The fraction of sp³-hybridized carbons (Fsp3) is 0.833. The molecule has 2 heteroatoms. The number of hydrogen-bond acceptors (Lipinski definition) is 1. The van der Waals surface area contributed by atoms with Crippen LogP contribution in [-0.4, -0.2) is 6.10 Å². The van der Waals surface area contributed by atoms with E-state index in [9.17, 15) is 0 Å². The minimum Gasteiger partial charge on any atom is -0.362 e. The highest BCUT2D eigenvalue weighted by atomic mass is 31.0. The fourth-order valence-electron chi connectivity index (χ4n) is 8.05. The number of hydrogen-bond donors (Lipinski definition) is 0. The molecule has 0 aromatic carbocycles. The lowest BCUT2D eigenvalue weighted by Crippen LogP contribution is -2.50. The van der Waals surface area contributed by atoms with Crippen molar-refractivity contribution in [2.24, 2.45) is 40.4 Å². The molecule has 0 radical (unpaired) electrons. The second-order valence-corrected chi connectivity index (χ2v) is 10.6. The Morgan fingerprint density at radius 1 is 1.23 bits per heavy atom. The molecule has 3 saturated carbocycles. The van der Waals surface area contributed by atoms with Gasteiger partial charge in [-0.15, -0.1) is 12.3 Å². The van der Waals surface area contributed by atoms with Gasteiger partial charge in [-0.1, -0.05) is 32.4 Å². The maximum absolute atomic E-state index is 5.66. The zero-order valence-electron chi connectivity index (χ0n) is 17.0. The average Bonchev–Trinajstić information content (AvgIpc) is 2.98. The van der Waals surface area contributed by atoms with Crippen LogP contribution in [0.25, 0.3) is 0 Å². The average molecular weight is 373 g/mol. The maximum atomic E-state index is 5.66. The lowest BCUT2D eigenvalue weighted by atomic mass is 9.47. The molecule has 0 aromatic heterocycles. The molecule has 4 aliphatic carbocycles. The zero-order chi connectivity index (χ0) is 18.5. The Morgan fingerprint density at radius 3 is 2.77 bits per heavy atom. The molecule has 0 bridgehead atoms. The van der Waals surface area contributed by atoms with Crippen molar-refractivity contribution in [2.45, 2.75) is 84.7 Å². The second-order valence-electron chi connectivity index (χ2n) is 10.4. The smallest absolute Gasteiger partial charge is 0.0648 e. The van der Waals surface area contributed by atoms with E-state index in [0.29, 0.717) is 22.9 Å². The summed E-state index contributed by atoms with van der Waals surface area (Å²) in [5, 5.41) is 0. The first-order valence-corrected chi connectivity index (χ1v) is 11.4. The largest absolute Gasteiger partial charge is 0.362 e. The number of terminal acetylenes is 1. The van der Waals surface area contributed by atoms with Crippen molar-refractivity contribution in [1.29, 1.82) is 0 Å².